The fraction of sp³-hybridized carbons (Fsp3) is 0.133. The predicted molar refractivity (Wildman–Crippen MR) is 86.1 cm³/mol. The van der Waals surface area contributed by atoms with Gasteiger partial charge in [0.25, 0.3) is 5.91 Å². The van der Waals surface area contributed by atoms with E-state index in [1.54, 1.807) is 36.4 Å². The number of hydrogen-bond acceptors (Lipinski definition) is 4. The number of rotatable bonds is 4. The van der Waals surface area contributed by atoms with Crippen molar-refractivity contribution < 1.29 is 14.3 Å². The van der Waals surface area contributed by atoms with Crippen LogP contribution in [0, 0.1) is 0 Å². The van der Waals surface area contributed by atoms with Crippen LogP contribution in [-0.2, 0) is 0 Å². The first kappa shape index (κ1) is 15.2. The number of anilines is 2. The van der Waals surface area contributed by atoms with E-state index in [2.05, 4.69) is 21.2 Å². The molecule has 2 aromatic rings. The third-order valence-electron chi connectivity index (χ3n) is 2.87. The quantitative estimate of drug-likeness (QED) is 0.829. The van der Waals surface area contributed by atoms with Crippen LogP contribution >= 0.6 is 15.9 Å². The molecule has 0 heterocycles. The zero-order valence-corrected chi connectivity index (χ0v) is 13.2. The first-order valence-electron chi connectivity index (χ1n) is 6.13. The molecule has 0 radical (unpaired) electrons. The van der Waals surface area contributed by atoms with Crippen molar-refractivity contribution in [3.05, 3.63) is 46.4 Å². The van der Waals surface area contributed by atoms with E-state index in [1.807, 2.05) is 0 Å². The summed E-state index contributed by atoms with van der Waals surface area (Å²) in [5, 5.41) is 2.79. The summed E-state index contributed by atoms with van der Waals surface area (Å²) in [6.45, 7) is 0. The van der Waals surface area contributed by atoms with E-state index in [1.165, 1.54) is 14.2 Å². The number of amides is 1. The topological polar surface area (TPSA) is 73.6 Å². The molecule has 0 saturated carbocycles. The number of carbonyl (C=O) groups excluding carboxylic acids is 1. The molecule has 0 saturated heterocycles. The van der Waals surface area contributed by atoms with Gasteiger partial charge in [-0.1, -0.05) is 0 Å². The smallest absolute Gasteiger partial charge is 0.255 e. The molecule has 110 valence electrons. The minimum Gasteiger partial charge on any atom is -0.497 e. The van der Waals surface area contributed by atoms with E-state index in [0.29, 0.717) is 28.4 Å². The average molecular weight is 351 g/mol. The molecule has 0 unspecified atom stereocenters. The summed E-state index contributed by atoms with van der Waals surface area (Å²) in [4.78, 5) is 12.3. The molecule has 2 rings (SSSR count). The first-order chi connectivity index (χ1) is 10.0. The van der Waals surface area contributed by atoms with E-state index < -0.39 is 0 Å². The summed E-state index contributed by atoms with van der Waals surface area (Å²) < 4.78 is 11.0. The van der Waals surface area contributed by atoms with Crippen LogP contribution in [0.15, 0.2) is 40.9 Å². The van der Waals surface area contributed by atoms with Crippen LogP contribution in [-0.4, -0.2) is 20.1 Å². The van der Waals surface area contributed by atoms with Crippen molar-refractivity contribution in [1.29, 1.82) is 0 Å². The minimum atomic E-state index is -0.260. The van der Waals surface area contributed by atoms with Crippen molar-refractivity contribution in [2.75, 3.05) is 25.3 Å². The van der Waals surface area contributed by atoms with Gasteiger partial charge in [-0.15, -0.1) is 0 Å². The summed E-state index contributed by atoms with van der Waals surface area (Å²) >= 11 is 3.32. The summed E-state index contributed by atoms with van der Waals surface area (Å²) in [6, 6.07) is 10.2. The molecule has 0 spiro atoms. The number of hydrogen-bond donors (Lipinski definition) is 2. The molecule has 21 heavy (non-hydrogen) atoms. The van der Waals surface area contributed by atoms with Crippen LogP contribution < -0.4 is 20.5 Å². The van der Waals surface area contributed by atoms with Crippen molar-refractivity contribution >= 4 is 33.2 Å². The van der Waals surface area contributed by atoms with Gasteiger partial charge < -0.3 is 20.5 Å². The van der Waals surface area contributed by atoms with Crippen LogP contribution in [0.4, 0.5) is 11.4 Å². The summed E-state index contributed by atoms with van der Waals surface area (Å²) in [7, 11) is 3.07. The molecule has 0 aromatic heterocycles. The van der Waals surface area contributed by atoms with E-state index in [4.69, 9.17) is 15.2 Å². The van der Waals surface area contributed by atoms with Gasteiger partial charge in [-0.25, -0.2) is 0 Å². The molecule has 0 aliphatic rings. The maximum absolute atomic E-state index is 12.3. The molecule has 0 aliphatic heterocycles. The molecular weight excluding hydrogens is 336 g/mol. The molecule has 0 atom stereocenters. The number of nitrogens with two attached hydrogens (primary N) is 1. The summed E-state index contributed by atoms with van der Waals surface area (Å²) in [5.74, 6) is 0.847. The van der Waals surface area contributed by atoms with E-state index in [-0.39, 0.29) is 5.91 Å². The highest BCUT2D eigenvalue weighted by molar-refractivity contribution is 9.10. The van der Waals surface area contributed by atoms with Gasteiger partial charge in [0.1, 0.15) is 11.5 Å². The molecule has 3 N–H and O–H groups in total. The maximum atomic E-state index is 12.3. The predicted octanol–water partition coefficient (Wildman–Crippen LogP) is 3.30. The first-order valence-corrected chi connectivity index (χ1v) is 6.92. The Balaban J connectivity index is 2.25. The zero-order chi connectivity index (χ0) is 15.4. The van der Waals surface area contributed by atoms with Gasteiger partial charge in [0.15, 0.2) is 0 Å². The van der Waals surface area contributed by atoms with Gasteiger partial charge in [-0.3, -0.25) is 4.79 Å². The monoisotopic (exact) mass is 350 g/mol. The van der Waals surface area contributed by atoms with Gasteiger partial charge in [-0.05, 0) is 46.3 Å². The third-order valence-corrected chi connectivity index (χ3v) is 3.56. The normalized spacial score (nSPS) is 10.0. The zero-order valence-electron chi connectivity index (χ0n) is 11.6. The van der Waals surface area contributed by atoms with Crippen LogP contribution in [0.2, 0.25) is 0 Å². The van der Waals surface area contributed by atoms with Gasteiger partial charge in [-0.2, -0.15) is 0 Å². The number of nitrogens with one attached hydrogen (secondary N) is 1. The lowest BCUT2D eigenvalue weighted by molar-refractivity contribution is 0.102. The second kappa shape index (κ2) is 6.49. The molecular formula is C15H15BrN2O3. The van der Waals surface area contributed by atoms with Crippen molar-refractivity contribution in [1.82, 2.24) is 0 Å². The van der Waals surface area contributed by atoms with Crippen LogP contribution in [0.1, 0.15) is 10.4 Å². The Morgan fingerprint density at radius 1 is 1.10 bits per heavy atom. The Hall–Kier alpha value is -2.21. The molecule has 6 heteroatoms. The fourth-order valence-electron chi connectivity index (χ4n) is 1.75. The molecule has 0 fully saturated rings. The lowest BCUT2D eigenvalue weighted by Crippen LogP contribution is -2.12. The molecule has 5 nitrogen and oxygen atoms in total. The van der Waals surface area contributed by atoms with Crippen molar-refractivity contribution in [3.63, 3.8) is 0 Å². The SMILES string of the molecule is COc1cc(OC)cc(C(=O)Nc2ccc(N)c(Br)c2)c1. The number of nitrogen functional groups attached to an aromatic ring is 1. The number of carbonyl (C=O) groups is 1. The van der Waals surface area contributed by atoms with Crippen LogP contribution in [0.3, 0.4) is 0 Å². The van der Waals surface area contributed by atoms with Gasteiger partial charge >= 0.3 is 0 Å². The van der Waals surface area contributed by atoms with Crippen molar-refractivity contribution in [2.45, 2.75) is 0 Å². The van der Waals surface area contributed by atoms with Crippen LogP contribution in [0.5, 0.6) is 11.5 Å². The molecule has 1 amide bonds. The Bertz CT molecular complexity index is 652. The highest BCUT2D eigenvalue weighted by atomic mass is 79.9. The summed E-state index contributed by atoms with van der Waals surface area (Å²) in [6.07, 6.45) is 0. The van der Waals surface area contributed by atoms with Crippen LogP contribution in [0.25, 0.3) is 0 Å². The molecule has 0 aliphatic carbocycles. The lowest BCUT2D eigenvalue weighted by atomic mass is 10.1. The Morgan fingerprint density at radius 3 is 2.24 bits per heavy atom. The number of halogens is 1. The standard InChI is InChI=1S/C15H15BrN2O3/c1-20-11-5-9(6-12(8-11)21-2)15(19)18-10-3-4-14(17)13(16)7-10/h3-8H,17H2,1-2H3,(H,18,19). The highest BCUT2D eigenvalue weighted by Crippen LogP contribution is 2.25. The highest BCUT2D eigenvalue weighted by Gasteiger charge is 2.10. The molecule has 2 aromatic carbocycles. The maximum Gasteiger partial charge on any atom is 0.255 e. The van der Waals surface area contributed by atoms with E-state index in [9.17, 15) is 4.79 Å². The third kappa shape index (κ3) is 3.66. The number of ether oxygens (including phenoxy) is 2. The fourth-order valence-corrected chi connectivity index (χ4v) is 2.13. The van der Waals surface area contributed by atoms with Gasteiger partial charge in [0.2, 0.25) is 0 Å². The number of methoxy groups -OCH3 is 2. The van der Waals surface area contributed by atoms with Gasteiger partial charge in [0.05, 0.1) is 14.2 Å². The Kier molecular flexibility index (Phi) is 4.70. The Labute approximate surface area is 131 Å². The van der Waals surface area contributed by atoms with Crippen molar-refractivity contribution in [3.8, 4) is 11.5 Å². The van der Waals surface area contributed by atoms with Gasteiger partial charge in [0, 0.05) is 27.5 Å². The summed E-state index contributed by atoms with van der Waals surface area (Å²) in [5.41, 5.74) is 7.41. The molecule has 0 bridgehead atoms. The Morgan fingerprint density at radius 2 is 1.71 bits per heavy atom. The minimum absolute atomic E-state index is 0.260. The average Bonchev–Trinajstić information content (AvgIpc) is 2.50. The number of benzene rings is 2. The van der Waals surface area contributed by atoms with E-state index in [0.717, 1.165) is 4.47 Å². The van der Waals surface area contributed by atoms with E-state index >= 15 is 0 Å². The second-order valence-electron chi connectivity index (χ2n) is 4.29. The van der Waals surface area contributed by atoms with Crippen molar-refractivity contribution in [2.24, 2.45) is 0 Å². The second-order valence-corrected chi connectivity index (χ2v) is 5.15. The lowest BCUT2D eigenvalue weighted by Gasteiger charge is -2.10. The largest absolute Gasteiger partial charge is 0.497 e.